The Morgan fingerprint density at radius 2 is 1.90 bits per heavy atom. The number of benzene rings is 3. The maximum absolute atomic E-state index is 13.9. The maximum Gasteiger partial charge on any atom is 0.325 e. The lowest BCUT2D eigenvalue weighted by atomic mass is 10.0. The Kier molecular flexibility index (Phi) is 10.5. The smallest absolute Gasteiger partial charge is 0.325 e. The van der Waals surface area contributed by atoms with Crippen LogP contribution in [0.1, 0.15) is 62.8 Å². The fourth-order valence-electron chi connectivity index (χ4n) is 4.67. The molecule has 40 heavy (non-hydrogen) atoms. The average molecular weight is 694 g/mol. The highest BCUT2D eigenvalue weighted by Gasteiger charge is 2.32. The van der Waals surface area contributed by atoms with Crippen molar-refractivity contribution in [2.45, 2.75) is 39.2 Å². The van der Waals surface area contributed by atoms with Crippen molar-refractivity contribution in [3.63, 3.8) is 0 Å². The molecule has 0 fully saturated rings. The quantitative estimate of drug-likeness (QED) is 0.138. The molecule has 0 aromatic heterocycles. The molecule has 0 saturated carbocycles. The Morgan fingerprint density at radius 1 is 1.12 bits per heavy atom. The van der Waals surface area contributed by atoms with Crippen molar-refractivity contribution in [3.8, 4) is 0 Å². The number of nitrogens with two attached hydrogens (primary N) is 1. The predicted molar refractivity (Wildman–Crippen MR) is 170 cm³/mol. The first kappa shape index (κ1) is 30.8. The van der Waals surface area contributed by atoms with Crippen molar-refractivity contribution in [3.05, 3.63) is 92.1 Å². The van der Waals surface area contributed by atoms with Crippen LogP contribution in [0, 0.1) is 17.4 Å². The third-order valence-corrected chi connectivity index (χ3v) is 8.96. The first-order chi connectivity index (χ1) is 19.1. The van der Waals surface area contributed by atoms with E-state index in [4.69, 9.17) is 26.6 Å². The molecular formula is C29H33IN3O5PS. The second-order valence-electron chi connectivity index (χ2n) is 9.64. The van der Waals surface area contributed by atoms with Crippen LogP contribution in [0.15, 0.2) is 60.7 Å². The van der Waals surface area contributed by atoms with E-state index in [1.54, 1.807) is 23.1 Å². The summed E-state index contributed by atoms with van der Waals surface area (Å²) in [6.45, 7) is 1.38. The average Bonchev–Trinajstić information content (AvgIpc) is 3.07. The Labute approximate surface area is 253 Å². The Balaban J connectivity index is 1.57. The third-order valence-electron chi connectivity index (χ3n) is 6.69. The van der Waals surface area contributed by atoms with E-state index >= 15 is 0 Å². The summed E-state index contributed by atoms with van der Waals surface area (Å²) in [5, 5.41) is 2.93. The number of carbonyl (C=O) groups is 2. The number of amides is 2. The number of anilines is 2. The van der Waals surface area contributed by atoms with Gasteiger partial charge in [-0.05, 0) is 128 Å². The van der Waals surface area contributed by atoms with Crippen molar-refractivity contribution < 1.29 is 23.5 Å². The minimum Gasteiger partial charge on any atom is -0.330 e. The van der Waals surface area contributed by atoms with Gasteiger partial charge in [-0.1, -0.05) is 18.2 Å². The summed E-state index contributed by atoms with van der Waals surface area (Å²) in [5.41, 5.74) is 10.4. The first-order valence-electron chi connectivity index (χ1n) is 13.0. The molecule has 1 aliphatic heterocycles. The number of rotatable bonds is 9. The summed E-state index contributed by atoms with van der Waals surface area (Å²) >= 11 is 7.48. The Bertz CT molecular complexity index is 1450. The molecule has 4 N–H and O–H groups in total. The Morgan fingerprint density at radius 3 is 2.62 bits per heavy atom. The molecule has 4 rings (SSSR count). The highest BCUT2D eigenvalue weighted by atomic mass is 127. The van der Waals surface area contributed by atoms with Gasteiger partial charge >= 0.3 is 6.72 Å². The zero-order valence-corrected chi connectivity index (χ0v) is 26.3. The molecule has 2 amide bonds. The van der Waals surface area contributed by atoms with Crippen LogP contribution in [0.5, 0.6) is 0 Å². The number of aryl methyl sites for hydroxylation is 2. The van der Waals surface area contributed by atoms with Gasteiger partial charge in [0.15, 0.2) is 0 Å². The lowest BCUT2D eigenvalue weighted by Crippen LogP contribution is -2.32. The SMILES string of the molecule is Cc1ccccc1C(=O)Nc1ccc(C(=O)N2CCCC(OP(O)(=S)OCCCN)c3cc(I)ccc32)c(C)c1. The molecule has 3 aromatic carbocycles. The molecule has 0 spiro atoms. The number of hydrogen-bond donors (Lipinski definition) is 3. The summed E-state index contributed by atoms with van der Waals surface area (Å²) in [4.78, 5) is 39.1. The van der Waals surface area contributed by atoms with Gasteiger partial charge in [0.25, 0.3) is 11.8 Å². The summed E-state index contributed by atoms with van der Waals surface area (Å²) in [6, 6.07) is 18.5. The minimum absolute atomic E-state index is 0.153. The van der Waals surface area contributed by atoms with E-state index in [1.165, 1.54) is 0 Å². The molecular weight excluding hydrogens is 660 g/mol. The van der Waals surface area contributed by atoms with Gasteiger partial charge in [-0.15, -0.1) is 0 Å². The topological polar surface area (TPSA) is 114 Å². The van der Waals surface area contributed by atoms with Gasteiger partial charge in [-0.3, -0.25) is 9.59 Å². The Hall–Kier alpha value is -2.18. The van der Waals surface area contributed by atoms with Crippen molar-refractivity contribution >= 4 is 64.3 Å². The van der Waals surface area contributed by atoms with E-state index in [9.17, 15) is 14.5 Å². The van der Waals surface area contributed by atoms with Crippen LogP contribution < -0.4 is 16.0 Å². The molecule has 0 aliphatic carbocycles. The van der Waals surface area contributed by atoms with E-state index in [2.05, 4.69) is 27.9 Å². The largest absolute Gasteiger partial charge is 0.330 e. The molecule has 3 aromatic rings. The summed E-state index contributed by atoms with van der Waals surface area (Å²) in [6.07, 6.45) is 1.26. The van der Waals surface area contributed by atoms with E-state index in [0.717, 1.165) is 20.3 Å². The highest BCUT2D eigenvalue weighted by Crippen LogP contribution is 2.51. The molecule has 1 aliphatic rings. The standard InChI is InChI=1S/C29H33IN3O5PS/c1-19-7-3-4-8-23(19)28(34)32-22-11-12-24(20(2)17-22)29(35)33-15-5-9-27(25-18-21(30)10-13-26(25)33)38-39(36,40)37-16-6-14-31/h3-4,7-8,10-13,17-18,27H,5-6,9,14-16,31H2,1-2H3,(H,32,34)(H,36,40). The highest BCUT2D eigenvalue weighted by molar-refractivity contribution is 14.1. The van der Waals surface area contributed by atoms with Crippen LogP contribution in [0.2, 0.25) is 0 Å². The fraction of sp³-hybridized carbons (Fsp3) is 0.310. The number of halogens is 1. The van der Waals surface area contributed by atoms with Gasteiger partial charge in [0.2, 0.25) is 0 Å². The molecule has 0 bridgehead atoms. The summed E-state index contributed by atoms with van der Waals surface area (Å²) < 4.78 is 12.4. The van der Waals surface area contributed by atoms with E-state index in [0.29, 0.717) is 54.9 Å². The summed E-state index contributed by atoms with van der Waals surface area (Å²) in [7, 11) is 0. The van der Waals surface area contributed by atoms with Crippen LogP contribution in [0.4, 0.5) is 11.4 Å². The third kappa shape index (κ3) is 7.55. The van der Waals surface area contributed by atoms with E-state index in [-0.39, 0.29) is 18.4 Å². The van der Waals surface area contributed by atoms with Gasteiger partial charge in [0.05, 0.1) is 12.7 Å². The van der Waals surface area contributed by atoms with Crippen LogP contribution in [0.3, 0.4) is 0 Å². The number of nitrogens with one attached hydrogen (secondary N) is 1. The number of carbonyl (C=O) groups excluding carboxylic acids is 2. The predicted octanol–water partition coefficient (Wildman–Crippen LogP) is 6.24. The molecule has 2 unspecified atom stereocenters. The number of hydrogen-bond acceptors (Lipinski definition) is 6. The monoisotopic (exact) mass is 693 g/mol. The van der Waals surface area contributed by atoms with Crippen LogP contribution in [-0.4, -0.2) is 36.4 Å². The van der Waals surface area contributed by atoms with Crippen molar-refractivity contribution in [1.82, 2.24) is 0 Å². The fourth-order valence-corrected chi connectivity index (χ4v) is 6.68. The zero-order valence-electron chi connectivity index (χ0n) is 22.4. The van der Waals surface area contributed by atoms with E-state index in [1.807, 2.05) is 56.3 Å². The molecule has 0 radical (unpaired) electrons. The van der Waals surface area contributed by atoms with Gasteiger partial charge < -0.3 is 29.9 Å². The summed E-state index contributed by atoms with van der Waals surface area (Å²) in [5.74, 6) is -0.352. The van der Waals surface area contributed by atoms with Crippen LogP contribution in [0.25, 0.3) is 0 Å². The van der Waals surface area contributed by atoms with Crippen molar-refractivity contribution in [2.24, 2.45) is 5.73 Å². The molecule has 0 saturated heterocycles. The molecule has 2 atom stereocenters. The number of fused-ring (bicyclic) bond motifs is 1. The van der Waals surface area contributed by atoms with Gasteiger partial charge in [0, 0.05) is 38.2 Å². The van der Waals surface area contributed by atoms with Crippen LogP contribution in [-0.2, 0) is 20.9 Å². The molecule has 1 heterocycles. The van der Waals surface area contributed by atoms with Gasteiger partial charge in [0.1, 0.15) is 0 Å². The molecule has 8 nitrogen and oxygen atoms in total. The van der Waals surface area contributed by atoms with Crippen LogP contribution >= 0.6 is 29.3 Å². The van der Waals surface area contributed by atoms with Gasteiger partial charge in [-0.25, -0.2) is 0 Å². The second-order valence-corrected chi connectivity index (χ2v) is 13.7. The van der Waals surface area contributed by atoms with Crippen molar-refractivity contribution in [1.29, 1.82) is 0 Å². The maximum atomic E-state index is 13.9. The minimum atomic E-state index is -3.50. The lowest BCUT2D eigenvalue weighted by Gasteiger charge is -2.26. The zero-order chi connectivity index (χ0) is 28.9. The lowest BCUT2D eigenvalue weighted by molar-refractivity contribution is 0.0984. The molecule has 11 heteroatoms. The molecule has 212 valence electrons. The second kappa shape index (κ2) is 13.7. The first-order valence-corrected chi connectivity index (χ1v) is 16.7. The van der Waals surface area contributed by atoms with Gasteiger partial charge in [-0.2, -0.15) is 0 Å². The van der Waals surface area contributed by atoms with Crippen molar-refractivity contribution in [2.75, 3.05) is 29.9 Å². The number of nitrogens with zero attached hydrogens (tertiary/aromatic N) is 1. The normalized spacial score (nSPS) is 16.5. The van der Waals surface area contributed by atoms with E-state index < -0.39 is 12.8 Å².